The number of nitrogens with zero attached hydrogens (tertiary/aromatic N) is 9. The Hall–Kier alpha value is -7.41. The molecule has 0 radical (unpaired) electrons. The Kier molecular flexibility index (Phi) is 7.88. The summed E-state index contributed by atoms with van der Waals surface area (Å²) in [5.74, 6) is 1.46. The third-order valence-electron chi connectivity index (χ3n) is 7.75. The summed E-state index contributed by atoms with van der Waals surface area (Å²) in [7, 11) is 0. The first-order valence-corrected chi connectivity index (χ1v) is 14.8. The van der Waals surface area contributed by atoms with Crippen LogP contribution in [-0.2, 0) is 0 Å². The molecule has 0 saturated heterocycles. The van der Waals surface area contributed by atoms with E-state index in [-0.39, 0.29) is 33.4 Å². The third-order valence-corrected chi connectivity index (χ3v) is 7.75. The van der Waals surface area contributed by atoms with Crippen LogP contribution >= 0.6 is 0 Å². The van der Waals surface area contributed by atoms with Crippen molar-refractivity contribution in [2.75, 3.05) is 0 Å². The van der Waals surface area contributed by atoms with Crippen molar-refractivity contribution in [2.45, 2.75) is 0 Å². The summed E-state index contributed by atoms with van der Waals surface area (Å²) in [5.41, 5.74) is 4.87. The van der Waals surface area contributed by atoms with E-state index in [4.69, 9.17) is 0 Å². The molecular formula is C39H21N9. The van der Waals surface area contributed by atoms with Gasteiger partial charge in [-0.1, -0.05) is 91.0 Å². The highest BCUT2D eigenvalue weighted by Gasteiger charge is 2.28. The van der Waals surface area contributed by atoms with Gasteiger partial charge in [-0.3, -0.25) is 0 Å². The van der Waals surface area contributed by atoms with Crippen LogP contribution in [0.15, 0.2) is 128 Å². The van der Waals surface area contributed by atoms with Gasteiger partial charge in [-0.25, -0.2) is 29.9 Å². The number of nitriles is 3. The number of hydrogen-bond donors (Lipinski definition) is 0. The lowest BCUT2D eigenvalue weighted by atomic mass is 9.81. The van der Waals surface area contributed by atoms with Crippen LogP contribution in [0, 0.1) is 34.0 Å². The van der Waals surface area contributed by atoms with Crippen molar-refractivity contribution in [3.63, 3.8) is 0 Å². The molecule has 0 aliphatic heterocycles. The zero-order valence-electron chi connectivity index (χ0n) is 25.1. The van der Waals surface area contributed by atoms with Crippen molar-refractivity contribution in [2.24, 2.45) is 0 Å². The van der Waals surface area contributed by atoms with E-state index in [1.54, 1.807) is 37.2 Å². The van der Waals surface area contributed by atoms with Gasteiger partial charge in [0.15, 0.2) is 17.5 Å². The molecule has 0 fully saturated rings. The van der Waals surface area contributed by atoms with Crippen molar-refractivity contribution in [3.05, 3.63) is 145 Å². The summed E-state index contributed by atoms with van der Waals surface area (Å²) < 4.78 is 0. The quantitative estimate of drug-likeness (QED) is 0.184. The molecule has 7 rings (SSSR count). The van der Waals surface area contributed by atoms with E-state index in [9.17, 15) is 15.8 Å². The molecule has 7 aromatic rings. The SMILES string of the molecule is N#Cc1c(-c2cnc(-c3ccccc3)nc2)c(C#N)c(-c2cnc(-c3ccccc3)nc2)c(C#N)c1-c1cnc(-c2ccccc2)nc1. The lowest BCUT2D eigenvalue weighted by Crippen LogP contribution is -2.04. The van der Waals surface area contributed by atoms with Crippen LogP contribution in [0.1, 0.15) is 16.7 Å². The summed E-state index contributed by atoms with van der Waals surface area (Å²) >= 11 is 0. The van der Waals surface area contributed by atoms with Gasteiger partial charge in [-0.15, -0.1) is 0 Å². The maximum absolute atomic E-state index is 10.7. The molecule has 0 aliphatic rings. The monoisotopic (exact) mass is 615 g/mol. The van der Waals surface area contributed by atoms with Crippen LogP contribution in [0.2, 0.25) is 0 Å². The largest absolute Gasteiger partial charge is 0.236 e. The van der Waals surface area contributed by atoms with E-state index in [1.807, 2.05) is 91.0 Å². The highest BCUT2D eigenvalue weighted by Crippen LogP contribution is 2.43. The van der Waals surface area contributed by atoms with Crippen molar-refractivity contribution < 1.29 is 0 Å². The average molecular weight is 616 g/mol. The molecule has 3 heterocycles. The lowest BCUT2D eigenvalue weighted by molar-refractivity contribution is 1.17. The van der Waals surface area contributed by atoms with Gasteiger partial charge in [0, 0.05) is 87.3 Å². The van der Waals surface area contributed by atoms with Gasteiger partial charge in [0.2, 0.25) is 0 Å². The normalized spacial score (nSPS) is 10.4. The summed E-state index contributed by atoms with van der Waals surface area (Å²) in [6.45, 7) is 0. The topological polar surface area (TPSA) is 149 Å². The molecule has 0 aliphatic carbocycles. The van der Waals surface area contributed by atoms with E-state index in [1.165, 1.54) is 0 Å². The van der Waals surface area contributed by atoms with Gasteiger partial charge in [-0.05, 0) is 0 Å². The molecule has 9 nitrogen and oxygen atoms in total. The summed E-state index contributed by atoms with van der Waals surface area (Å²) in [5, 5.41) is 32.0. The van der Waals surface area contributed by atoms with E-state index >= 15 is 0 Å². The smallest absolute Gasteiger partial charge is 0.159 e. The van der Waals surface area contributed by atoms with Gasteiger partial charge in [0.25, 0.3) is 0 Å². The molecule has 3 aromatic heterocycles. The van der Waals surface area contributed by atoms with Crippen LogP contribution in [0.25, 0.3) is 67.5 Å². The van der Waals surface area contributed by atoms with E-state index in [0.717, 1.165) is 16.7 Å². The number of aromatic nitrogens is 6. The van der Waals surface area contributed by atoms with Gasteiger partial charge < -0.3 is 0 Å². The van der Waals surface area contributed by atoms with E-state index in [0.29, 0.717) is 34.2 Å². The fourth-order valence-corrected chi connectivity index (χ4v) is 5.53. The zero-order chi connectivity index (χ0) is 32.9. The first kappa shape index (κ1) is 29.3. The lowest BCUT2D eigenvalue weighted by Gasteiger charge is -2.19. The van der Waals surface area contributed by atoms with Crippen LogP contribution in [-0.4, -0.2) is 29.9 Å². The highest BCUT2D eigenvalue weighted by molar-refractivity contribution is 5.97. The number of benzene rings is 4. The van der Waals surface area contributed by atoms with Gasteiger partial charge in [-0.2, -0.15) is 15.8 Å². The predicted molar refractivity (Wildman–Crippen MR) is 180 cm³/mol. The molecule has 0 N–H and O–H groups in total. The second-order valence-electron chi connectivity index (χ2n) is 10.6. The van der Waals surface area contributed by atoms with Gasteiger partial charge in [0.05, 0.1) is 16.7 Å². The standard InChI is InChI=1S/C39H21N9/c40-16-31-34(28-19-43-37(44-20-28)25-10-4-1-5-11-25)32(17-41)36(30-23-47-39(48-24-30)27-14-8-3-9-15-27)33(18-42)35(31)29-21-45-38(46-22-29)26-12-6-2-7-13-26/h1-15,19-24H. The molecule has 9 heteroatoms. The minimum Gasteiger partial charge on any atom is -0.236 e. The zero-order valence-corrected chi connectivity index (χ0v) is 25.1. The number of rotatable bonds is 6. The molecule has 0 amide bonds. The first-order valence-electron chi connectivity index (χ1n) is 14.8. The van der Waals surface area contributed by atoms with Crippen molar-refractivity contribution in [3.8, 4) is 85.8 Å². The molecule has 222 valence electrons. The molecule has 0 spiro atoms. The highest BCUT2D eigenvalue weighted by atomic mass is 14.9. The maximum Gasteiger partial charge on any atom is 0.159 e. The van der Waals surface area contributed by atoms with Crippen LogP contribution < -0.4 is 0 Å². The van der Waals surface area contributed by atoms with E-state index in [2.05, 4.69) is 48.1 Å². The van der Waals surface area contributed by atoms with Crippen molar-refractivity contribution in [1.82, 2.24) is 29.9 Å². The van der Waals surface area contributed by atoms with E-state index < -0.39 is 0 Å². The van der Waals surface area contributed by atoms with Crippen LogP contribution in [0.5, 0.6) is 0 Å². The minimum absolute atomic E-state index is 0.0980. The summed E-state index contributed by atoms with van der Waals surface area (Å²) in [6, 6.07) is 35.2. The summed E-state index contributed by atoms with van der Waals surface area (Å²) in [6.07, 6.45) is 9.48. The van der Waals surface area contributed by atoms with Gasteiger partial charge in [0.1, 0.15) is 18.2 Å². The summed E-state index contributed by atoms with van der Waals surface area (Å²) in [4.78, 5) is 27.4. The second-order valence-corrected chi connectivity index (χ2v) is 10.6. The van der Waals surface area contributed by atoms with Crippen LogP contribution in [0.3, 0.4) is 0 Å². The Morgan fingerprint density at radius 2 is 0.542 bits per heavy atom. The fourth-order valence-electron chi connectivity index (χ4n) is 5.53. The third kappa shape index (κ3) is 5.39. The Morgan fingerprint density at radius 1 is 0.312 bits per heavy atom. The molecular weight excluding hydrogens is 594 g/mol. The molecule has 0 unspecified atom stereocenters. The fraction of sp³-hybridized carbons (Fsp3) is 0. The Labute approximate surface area is 275 Å². The Morgan fingerprint density at radius 3 is 0.750 bits per heavy atom. The average Bonchev–Trinajstić information content (AvgIpc) is 3.18. The van der Waals surface area contributed by atoms with Crippen molar-refractivity contribution in [1.29, 1.82) is 15.8 Å². The Balaban J connectivity index is 1.48. The first-order chi connectivity index (χ1) is 23.7. The predicted octanol–water partition coefficient (Wildman–Crippen LogP) is 7.67. The number of hydrogen-bond acceptors (Lipinski definition) is 9. The molecule has 48 heavy (non-hydrogen) atoms. The second kappa shape index (κ2) is 12.9. The molecule has 0 bridgehead atoms. The van der Waals surface area contributed by atoms with Crippen molar-refractivity contribution >= 4 is 0 Å². The van der Waals surface area contributed by atoms with Crippen LogP contribution in [0.4, 0.5) is 0 Å². The molecule has 0 saturated carbocycles. The molecule has 0 atom stereocenters. The van der Waals surface area contributed by atoms with Gasteiger partial charge >= 0.3 is 0 Å². The minimum atomic E-state index is 0.0980. The maximum atomic E-state index is 10.7. The Bertz CT molecular complexity index is 2080. The molecule has 4 aromatic carbocycles.